The zero-order valence-electron chi connectivity index (χ0n) is 10.0. The molecule has 1 aliphatic rings. The zero-order chi connectivity index (χ0) is 13.0. The van der Waals surface area contributed by atoms with Gasteiger partial charge in [-0.2, -0.15) is 0 Å². The third kappa shape index (κ3) is 3.26. The van der Waals surface area contributed by atoms with Crippen molar-refractivity contribution in [2.75, 3.05) is 13.1 Å². The summed E-state index contributed by atoms with van der Waals surface area (Å²) in [5, 5.41) is 6.02. The zero-order valence-corrected chi connectivity index (χ0v) is 10.0. The minimum atomic E-state index is -1.00. The molecule has 5 heteroatoms. The molecule has 1 saturated heterocycles. The summed E-state index contributed by atoms with van der Waals surface area (Å²) in [6.07, 6.45) is 3.34. The number of rotatable bonds is 3. The molecule has 1 unspecified atom stereocenters. The third-order valence-electron chi connectivity index (χ3n) is 3.10. The molecule has 18 heavy (non-hydrogen) atoms. The minimum Gasteiger partial charge on any atom is -0.350 e. The lowest BCUT2D eigenvalue weighted by atomic mass is 10.1. The molecule has 1 fully saturated rings. The fourth-order valence-electron chi connectivity index (χ4n) is 2.05. The number of carbonyl (C=O) groups is 1. The summed E-state index contributed by atoms with van der Waals surface area (Å²) in [5.41, 5.74) is 0.143. The molecule has 1 aromatic rings. The predicted octanol–water partition coefficient (Wildman–Crippen LogP) is 1.84. The maximum atomic E-state index is 13.0. The van der Waals surface area contributed by atoms with Crippen LogP contribution in [0.1, 0.15) is 29.6 Å². The summed E-state index contributed by atoms with van der Waals surface area (Å²) in [6.45, 7) is 1.48. The number of halogens is 2. The van der Waals surface area contributed by atoms with Crippen molar-refractivity contribution in [1.29, 1.82) is 0 Å². The molecule has 0 spiro atoms. The summed E-state index contributed by atoms with van der Waals surface area (Å²) in [6, 6.07) is 3.43. The van der Waals surface area contributed by atoms with Gasteiger partial charge in [0.15, 0.2) is 11.6 Å². The van der Waals surface area contributed by atoms with Crippen LogP contribution in [0.3, 0.4) is 0 Å². The van der Waals surface area contributed by atoms with Crippen LogP contribution in [0, 0.1) is 11.6 Å². The van der Waals surface area contributed by atoms with Crippen LogP contribution in [0.2, 0.25) is 0 Å². The van der Waals surface area contributed by atoms with E-state index in [2.05, 4.69) is 10.6 Å². The monoisotopic (exact) mass is 254 g/mol. The molecular formula is C13H16F2N2O. The highest BCUT2D eigenvalue weighted by Gasteiger charge is 2.14. The summed E-state index contributed by atoms with van der Waals surface area (Å²) >= 11 is 0. The first-order valence-electron chi connectivity index (χ1n) is 6.13. The first-order valence-corrected chi connectivity index (χ1v) is 6.13. The molecule has 2 N–H and O–H groups in total. The van der Waals surface area contributed by atoms with Crippen molar-refractivity contribution in [3.63, 3.8) is 0 Å². The normalized spacial score (nSPS) is 19.6. The molecule has 1 amide bonds. The lowest BCUT2D eigenvalue weighted by Crippen LogP contribution is -2.43. The second-order valence-corrected chi connectivity index (χ2v) is 4.49. The van der Waals surface area contributed by atoms with Gasteiger partial charge >= 0.3 is 0 Å². The van der Waals surface area contributed by atoms with Gasteiger partial charge in [0.25, 0.3) is 5.91 Å². The van der Waals surface area contributed by atoms with Gasteiger partial charge in [-0.15, -0.1) is 0 Å². The van der Waals surface area contributed by atoms with Gasteiger partial charge in [0.1, 0.15) is 0 Å². The van der Waals surface area contributed by atoms with Gasteiger partial charge < -0.3 is 10.6 Å². The SMILES string of the molecule is O=C(NCC1CCCCN1)c1ccc(F)c(F)c1. The average molecular weight is 254 g/mol. The van der Waals surface area contributed by atoms with Crippen LogP contribution >= 0.6 is 0 Å². The molecule has 1 heterocycles. The molecule has 0 aliphatic carbocycles. The standard InChI is InChI=1S/C13H16F2N2O/c14-11-5-4-9(7-12(11)15)13(18)17-8-10-3-1-2-6-16-10/h4-5,7,10,16H,1-3,6,8H2,(H,17,18). The van der Waals surface area contributed by atoms with Crippen LogP contribution in [0.5, 0.6) is 0 Å². The van der Waals surface area contributed by atoms with Crippen LogP contribution in [0.25, 0.3) is 0 Å². The van der Waals surface area contributed by atoms with E-state index >= 15 is 0 Å². The largest absolute Gasteiger partial charge is 0.350 e. The molecule has 1 atom stereocenters. The second-order valence-electron chi connectivity index (χ2n) is 4.49. The Bertz CT molecular complexity index is 431. The van der Waals surface area contributed by atoms with Crippen molar-refractivity contribution < 1.29 is 13.6 Å². The Morgan fingerprint density at radius 1 is 1.33 bits per heavy atom. The number of benzene rings is 1. The molecule has 3 nitrogen and oxygen atoms in total. The minimum absolute atomic E-state index is 0.143. The van der Waals surface area contributed by atoms with Crippen LogP contribution in [-0.2, 0) is 0 Å². The smallest absolute Gasteiger partial charge is 0.251 e. The average Bonchev–Trinajstić information content (AvgIpc) is 2.40. The van der Waals surface area contributed by atoms with E-state index in [9.17, 15) is 13.6 Å². The predicted molar refractivity (Wildman–Crippen MR) is 64.3 cm³/mol. The van der Waals surface area contributed by atoms with Crippen molar-refractivity contribution in [2.24, 2.45) is 0 Å². The highest BCUT2D eigenvalue weighted by atomic mass is 19.2. The van der Waals surface area contributed by atoms with E-state index in [1.54, 1.807) is 0 Å². The highest BCUT2D eigenvalue weighted by Crippen LogP contribution is 2.09. The number of amides is 1. The first-order chi connectivity index (χ1) is 8.66. The second kappa shape index (κ2) is 5.91. The van der Waals surface area contributed by atoms with Gasteiger partial charge in [0, 0.05) is 18.2 Å². The highest BCUT2D eigenvalue weighted by molar-refractivity contribution is 5.94. The van der Waals surface area contributed by atoms with Crippen molar-refractivity contribution in [3.8, 4) is 0 Å². The lowest BCUT2D eigenvalue weighted by molar-refractivity contribution is 0.0947. The summed E-state index contributed by atoms with van der Waals surface area (Å²) in [7, 11) is 0. The molecule has 0 saturated carbocycles. The van der Waals surface area contributed by atoms with Crippen LogP contribution in [-0.4, -0.2) is 25.0 Å². The van der Waals surface area contributed by atoms with E-state index < -0.39 is 11.6 Å². The van der Waals surface area contributed by atoms with Crippen molar-refractivity contribution in [2.45, 2.75) is 25.3 Å². The van der Waals surface area contributed by atoms with E-state index in [0.29, 0.717) is 6.54 Å². The van der Waals surface area contributed by atoms with Crippen molar-refractivity contribution >= 4 is 5.91 Å². The number of nitrogens with one attached hydrogen (secondary N) is 2. The van der Waals surface area contributed by atoms with Gasteiger partial charge in [0.05, 0.1) is 0 Å². The van der Waals surface area contributed by atoms with Gasteiger partial charge in [0.2, 0.25) is 0 Å². The Hall–Kier alpha value is -1.49. The molecule has 0 radical (unpaired) electrons. The number of piperidine rings is 1. The molecule has 1 aromatic carbocycles. The molecule has 0 aromatic heterocycles. The van der Waals surface area contributed by atoms with Crippen LogP contribution in [0.4, 0.5) is 8.78 Å². The van der Waals surface area contributed by atoms with E-state index in [4.69, 9.17) is 0 Å². The Labute approximate surface area is 105 Å². The molecule has 98 valence electrons. The number of carbonyl (C=O) groups excluding carboxylic acids is 1. The van der Waals surface area contributed by atoms with E-state index in [0.717, 1.165) is 37.9 Å². The quantitative estimate of drug-likeness (QED) is 0.864. The third-order valence-corrected chi connectivity index (χ3v) is 3.10. The van der Waals surface area contributed by atoms with E-state index in [1.807, 2.05) is 0 Å². The molecule has 2 rings (SSSR count). The van der Waals surface area contributed by atoms with E-state index in [1.165, 1.54) is 6.07 Å². The maximum absolute atomic E-state index is 13.0. The Morgan fingerprint density at radius 3 is 2.83 bits per heavy atom. The van der Waals surface area contributed by atoms with Crippen LogP contribution < -0.4 is 10.6 Å². The summed E-state index contributed by atoms with van der Waals surface area (Å²) in [4.78, 5) is 11.7. The Kier molecular flexibility index (Phi) is 4.25. The van der Waals surface area contributed by atoms with Gasteiger partial charge in [-0.25, -0.2) is 8.78 Å². The molecule has 1 aliphatic heterocycles. The van der Waals surface area contributed by atoms with Crippen LogP contribution in [0.15, 0.2) is 18.2 Å². The fourth-order valence-corrected chi connectivity index (χ4v) is 2.05. The maximum Gasteiger partial charge on any atom is 0.251 e. The van der Waals surface area contributed by atoms with E-state index in [-0.39, 0.29) is 17.5 Å². The number of hydrogen-bond donors (Lipinski definition) is 2. The molecule has 0 bridgehead atoms. The lowest BCUT2D eigenvalue weighted by Gasteiger charge is -2.23. The Morgan fingerprint density at radius 2 is 2.17 bits per heavy atom. The van der Waals surface area contributed by atoms with Gasteiger partial charge in [-0.05, 0) is 37.6 Å². The fraction of sp³-hybridized carbons (Fsp3) is 0.462. The number of hydrogen-bond acceptors (Lipinski definition) is 2. The summed E-state index contributed by atoms with van der Waals surface area (Å²) < 4.78 is 25.7. The van der Waals surface area contributed by atoms with Crippen molar-refractivity contribution in [3.05, 3.63) is 35.4 Å². The Balaban J connectivity index is 1.88. The van der Waals surface area contributed by atoms with Gasteiger partial charge in [-0.3, -0.25) is 4.79 Å². The summed E-state index contributed by atoms with van der Waals surface area (Å²) in [5.74, 6) is -2.32. The van der Waals surface area contributed by atoms with Gasteiger partial charge in [-0.1, -0.05) is 6.42 Å². The first kappa shape index (κ1) is 13.0. The topological polar surface area (TPSA) is 41.1 Å². The molecular weight excluding hydrogens is 238 g/mol. The van der Waals surface area contributed by atoms with Crippen molar-refractivity contribution in [1.82, 2.24) is 10.6 Å².